The highest BCUT2D eigenvalue weighted by Crippen LogP contribution is 2.42. The first kappa shape index (κ1) is 20.8. The Morgan fingerprint density at radius 1 is 1.06 bits per heavy atom. The van der Waals surface area contributed by atoms with Gasteiger partial charge in [-0.25, -0.2) is 4.79 Å². The average Bonchev–Trinajstić information content (AvgIpc) is 3.17. The van der Waals surface area contributed by atoms with Crippen molar-refractivity contribution in [3.63, 3.8) is 0 Å². The third-order valence-electron chi connectivity index (χ3n) is 6.07. The highest BCUT2D eigenvalue weighted by molar-refractivity contribution is 9.10. The lowest BCUT2D eigenvalue weighted by Gasteiger charge is -2.28. The second-order valence-corrected chi connectivity index (χ2v) is 8.73. The molecule has 0 amide bonds. The van der Waals surface area contributed by atoms with Crippen LogP contribution in [0.3, 0.4) is 0 Å². The van der Waals surface area contributed by atoms with Crippen molar-refractivity contribution in [2.45, 2.75) is 12.6 Å². The molecule has 0 unspecified atom stereocenters. The Hall–Kier alpha value is -3.10. The van der Waals surface area contributed by atoms with Gasteiger partial charge in [-0.2, -0.15) is 0 Å². The van der Waals surface area contributed by atoms with Crippen molar-refractivity contribution in [2.75, 3.05) is 13.7 Å². The van der Waals surface area contributed by atoms with Crippen LogP contribution in [0.25, 0.3) is 22.2 Å². The van der Waals surface area contributed by atoms with Crippen molar-refractivity contribution in [1.29, 1.82) is 0 Å². The zero-order valence-electron chi connectivity index (χ0n) is 18.0. The fourth-order valence-electron chi connectivity index (χ4n) is 4.64. The molecule has 0 spiro atoms. The van der Waals surface area contributed by atoms with E-state index in [4.69, 9.17) is 9.47 Å². The van der Waals surface area contributed by atoms with E-state index >= 15 is 0 Å². The van der Waals surface area contributed by atoms with Gasteiger partial charge in [0.25, 0.3) is 5.56 Å². The first-order valence-electron chi connectivity index (χ1n) is 10.3. The van der Waals surface area contributed by atoms with Crippen molar-refractivity contribution in [2.24, 2.45) is 14.1 Å². The molecule has 1 atom stereocenters. The molecule has 0 saturated carbocycles. The molecular weight excluding hydrogens is 474 g/mol. The highest BCUT2D eigenvalue weighted by Gasteiger charge is 2.34. The number of ether oxygens (including phenoxy) is 2. The van der Waals surface area contributed by atoms with E-state index in [0.29, 0.717) is 29.8 Å². The molecule has 1 aliphatic heterocycles. The molecule has 3 heterocycles. The lowest BCUT2D eigenvalue weighted by Crippen LogP contribution is -2.37. The summed E-state index contributed by atoms with van der Waals surface area (Å²) in [5, 5.41) is 0.507. The molecule has 8 heteroatoms. The van der Waals surface area contributed by atoms with E-state index in [0.717, 1.165) is 31.6 Å². The van der Waals surface area contributed by atoms with Gasteiger partial charge in [0.2, 0.25) is 0 Å². The van der Waals surface area contributed by atoms with Crippen LogP contribution in [-0.4, -0.2) is 27.4 Å². The van der Waals surface area contributed by atoms with Gasteiger partial charge in [-0.3, -0.25) is 13.9 Å². The number of benzene rings is 2. The topological polar surface area (TPSA) is 67.4 Å². The first-order valence-corrected chi connectivity index (χ1v) is 11.1. The molecular formula is C24H22BrN3O4. The zero-order chi connectivity index (χ0) is 22.6. The van der Waals surface area contributed by atoms with Gasteiger partial charge in [0.05, 0.1) is 36.0 Å². The number of para-hydroxylation sites is 1. The van der Waals surface area contributed by atoms with E-state index in [1.807, 2.05) is 48.5 Å². The predicted molar refractivity (Wildman–Crippen MR) is 126 cm³/mol. The molecule has 0 saturated heterocycles. The second kappa shape index (κ2) is 7.79. The van der Waals surface area contributed by atoms with Crippen LogP contribution in [0.2, 0.25) is 0 Å². The van der Waals surface area contributed by atoms with Gasteiger partial charge in [0.15, 0.2) is 0 Å². The fourth-order valence-corrected chi connectivity index (χ4v) is 5.03. The SMILES string of the molecule is COc1ccccc1[C@@H]1OCCn2c(-c3cccc(Br)c3)c3c(=O)n(C)c(=O)n(C)c3c21. The van der Waals surface area contributed by atoms with Gasteiger partial charge < -0.3 is 14.0 Å². The van der Waals surface area contributed by atoms with Crippen LogP contribution in [0.4, 0.5) is 0 Å². The largest absolute Gasteiger partial charge is 0.496 e. The Balaban J connectivity index is 1.96. The molecule has 0 N–H and O–H groups in total. The summed E-state index contributed by atoms with van der Waals surface area (Å²) in [6.07, 6.45) is -0.485. The maximum absolute atomic E-state index is 13.4. The number of methoxy groups -OCH3 is 1. The van der Waals surface area contributed by atoms with Gasteiger partial charge in [0, 0.05) is 36.2 Å². The van der Waals surface area contributed by atoms with E-state index in [9.17, 15) is 9.59 Å². The molecule has 32 heavy (non-hydrogen) atoms. The van der Waals surface area contributed by atoms with Crippen LogP contribution in [0.1, 0.15) is 17.4 Å². The van der Waals surface area contributed by atoms with Crippen molar-refractivity contribution < 1.29 is 9.47 Å². The van der Waals surface area contributed by atoms with Crippen LogP contribution >= 0.6 is 15.9 Å². The van der Waals surface area contributed by atoms with Gasteiger partial charge >= 0.3 is 5.69 Å². The van der Waals surface area contributed by atoms with Gasteiger partial charge in [0.1, 0.15) is 11.9 Å². The highest BCUT2D eigenvalue weighted by atomic mass is 79.9. The quantitative estimate of drug-likeness (QED) is 0.435. The summed E-state index contributed by atoms with van der Waals surface area (Å²) in [5.74, 6) is 0.693. The van der Waals surface area contributed by atoms with Gasteiger partial charge in [-0.15, -0.1) is 0 Å². The summed E-state index contributed by atoms with van der Waals surface area (Å²) < 4.78 is 17.6. The standard InChI is InChI=1S/C24H22BrN3O4/c1-26-20-18(23(29)27(2)24(26)30)19(14-7-6-8-15(25)13-14)28-11-12-32-22(21(20)28)16-9-4-5-10-17(16)31-3/h4-10,13,22H,11-12H2,1-3H3/t22-/m0/s1. The summed E-state index contributed by atoms with van der Waals surface area (Å²) in [6.45, 7) is 1.03. The molecule has 7 nitrogen and oxygen atoms in total. The van der Waals surface area contributed by atoms with Crippen molar-refractivity contribution in [3.8, 4) is 17.0 Å². The molecule has 4 aromatic rings. The van der Waals surface area contributed by atoms with Crippen LogP contribution < -0.4 is 16.0 Å². The number of hydrogen-bond donors (Lipinski definition) is 0. The Labute approximate surface area is 192 Å². The molecule has 2 aromatic carbocycles. The summed E-state index contributed by atoms with van der Waals surface area (Å²) in [5.41, 5.74) is 3.21. The van der Waals surface area contributed by atoms with Gasteiger partial charge in [-0.05, 0) is 18.2 Å². The van der Waals surface area contributed by atoms with Crippen LogP contribution in [-0.2, 0) is 25.4 Å². The van der Waals surface area contributed by atoms with Crippen molar-refractivity contribution >= 4 is 26.8 Å². The summed E-state index contributed by atoms with van der Waals surface area (Å²) in [7, 11) is 4.83. The monoisotopic (exact) mass is 495 g/mol. The molecule has 0 fully saturated rings. The van der Waals surface area contributed by atoms with E-state index < -0.39 is 6.10 Å². The molecule has 164 valence electrons. The van der Waals surface area contributed by atoms with E-state index in [1.165, 1.54) is 7.05 Å². The fraction of sp³-hybridized carbons (Fsp3) is 0.250. The summed E-state index contributed by atoms with van der Waals surface area (Å²) >= 11 is 3.55. The number of aryl methyl sites for hydroxylation is 1. The molecule has 0 aliphatic carbocycles. The minimum absolute atomic E-state index is 0.321. The number of rotatable bonds is 3. The van der Waals surface area contributed by atoms with E-state index in [-0.39, 0.29) is 11.2 Å². The third kappa shape index (κ3) is 2.97. The summed E-state index contributed by atoms with van der Waals surface area (Å²) in [4.78, 5) is 26.3. The second-order valence-electron chi connectivity index (χ2n) is 7.82. The molecule has 0 radical (unpaired) electrons. The average molecular weight is 496 g/mol. The summed E-state index contributed by atoms with van der Waals surface area (Å²) in [6, 6.07) is 15.5. The number of aromatic nitrogens is 3. The normalized spacial score (nSPS) is 15.7. The lowest BCUT2D eigenvalue weighted by atomic mass is 10.0. The molecule has 2 aromatic heterocycles. The van der Waals surface area contributed by atoms with Gasteiger partial charge in [-0.1, -0.05) is 46.3 Å². The molecule has 0 bridgehead atoms. The number of fused-ring (bicyclic) bond motifs is 3. The number of halogens is 1. The maximum atomic E-state index is 13.4. The van der Waals surface area contributed by atoms with Crippen LogP contribution in [0, 0.1) is 0 Å². The number of nitrogens with zero attached hydrogens (tertiary/aromatic N) is 3. The van der Waals surface area contributed by atoms with Crippen LogP contribution in [0.5, 0.6) is 5.75 Å². The Kier molecular flexibility index (Phi) is 5.06. The third-order valence-corrected chi connectivity index (χ3v) is 6.57. The minimum Gasteiger partial charge on any atom is -0.496 e. The Bertz CT molecular complexity index is 1480. The smallest absolute Gasteiger partial charge is 0.331 e. The van der Waals surface area contributed by atoms with Crippen molar-refractivity contribution in [3.05, 3.63) is 85.1 Å². The van der Waals surface area contributed by atoms with Crippen LogP contribution in [0.15, 0.2) is 62.6 Å². The Morgan fingerprint density at radius 2 is 1.84 bits per heavy atom. The van der Waals surface area contributed by atoms with E-state index in [1.54, 1.807) is 18.7 Å². The zero-order valence-corrected chi connectivity index (χ0v) is 19.5. The first-order chi connectivity index (χ1) is 15.4. The molecule has 5 rings (SSSR count). The minimum atomic E-state index is -0.485. The Morgan fingerprint density at radius 3 is 2.59 bits per heavy atom. The van der Waals surface area contributed by atoms with E-state index in [2.05, 4.69) is 20.5 Å². The molecule has 1 aliphatic rings. The maximum Gasteiger partial charge on any atom is 0.331 e. The van der Waals surface area contributed by atoms with Crippen molar-refractivity contribution in [1.82, 2.24) is 13.7 Å². The number of hydrogen-bond acceptors (Lipinski definition) is 4. The lowest BCUT2D eigenvalue weighted by molar-refractivity contribution is 0.0464. The predicted octanol–water partition coefficient (Wildman–Crippen LogP) is 3.60.